The van der Waals surface area contributed by atoms with E-state index in [0.717, 1.165) is 171 Å². The first-order valence-corrected chi connectivity index (χ1v) is 49.6. The molecule has 21 aromatic carbocycles. The molecule has 0 radical (unpaired) electrons. The molecule has 0 unspecified atom stereocenters. The van der Waals surface area contributed by atoms with E-state index in [0.29, 0.717) is 11.7 Å². The predicted molar refractivity (Wildman–Crippen MR) is 595 cm³/mol. The lowest BCUT2D eigenvalue weighted by Gasteiger charge is -2.15. The third kappa shape index (κ3) is 13.1. The van der Waals surface area contributed by atoms with Gasteiger partial charge in [0, 0.05) is 74.6 Å². The standard InChI is InChI=1S/C44H27N3O.C44H27N3S.C42H23N3S/c2*1-3-13-28(14-4-1)32-23-33(29-15-5-2-6-16-29)25-34(24-32)41-43(45-42-36-20-10-12-22-40(36)48-44(42)46-41)47-38-21-11-9-19-35(38)37-26-30-17-7-8-18-31(30)27-39(37)47;1-2-11-25-23-36-34(22-24(25)10-1)28-14-5-7-18-35(28)45(36)42-43-39(41-40(44-42)33-15-6-8-19-37(33)46-41)32-21-20-31-27-13-4-3-12-26(27)29-16-9-17-30(32)38(29)31/h2*1-27H;1-23H. The van der Waals surface area contributed by atoms with Crippen LogP contribution >= 0.6 is 22.7 Å². The molecule has 0 saturated heterocycles. The Morgan fingerprint density at radius 2 is 0.556 bits per heavy atom. The Labute approximate surface area is 821 Å². The van der Waals surface area contributed by atoms with Gasteiger partial charge in [-0.05, 0) is 225 Å². The van der Waals surface area contributed by atoms with E-state index in [1.54, 1.807) is 22.7 Å². The molecule has 0 fully saturated rings. The molecule has 0 aliphatic heterocycles. The summed E-state index contributed by atoms with van der Waals surface area (Å²) in [4.78, 5) is 33.8. The second kappa shape index (κ2) is 32.6. The highest BCUT2D eigenvalue weighted by Crippen LogP contribution is 2.53. The second-order valence-corrected chi connectivity index (χ2v) is 38.7. The van der Waals surface area contributed by atoms with E-state index in [-0.39, 0.29) is 0 Å². The first-order chi connectivity index (χ1) is 70.4. The van der Waals surface area contributed by atoms with E-state index in [9.17, 15) is 0 Å². The van der Waals surface area contributed by atoms with Gasteiger partial charge in [-0.25, -0.2) is 29.9 Å². The minimum Gasteiger partial charge on any atom is -0.436 e. The summed E-state index contributed by atoms with van der Waals surface area (Å²) in [7, 11) is 0. The molecule has 0 bridgehead atoms. The van der Waals surface area contributed by atoms with E-state index >= 15 is 0 Å². The van der Waals surface area contributed by atoms with E-state index in [4.69, 9.17) is 34.3 Å². The molecule has 142 heavy (non-hydrogen) atoms. The highest BCUT2D eigenvalue weighted by Gasteiger charge is 2.30. The molecular weight excluding hydrogens is 1770 g/mol. The molecule has 1 aliphatic rings. The zero-order valence-corrected chi connectivity index (χ0v) is 77.8. The van der Waals surface area contributed by atoms with Gasteiger partial charge < -0.3 is 4.42 Å². The van der Waals surface area contributed by atoms with E-state index in [2.05, 4.69) is 463 Å². The topological polar surface area (TPSA) is 105 Å². The average molecular weight is 1850 g/mol. The van der Waals surface area contributed by atoms with Crippen molar-refractivity contribution < 1.29 is 4.42 Å². The van der Waals surface area contributed by atoms with Gasteiger partial charge in [0.05, 0.1) is 49.0 Å². The molecular formula is C130H77N9OS2. The van der Waals surface area contributed by atoms with Gasteiger partial charge in [-0.15, -0.1) is 22.7 Å². The minimum atomic E-state index is 0.521. The van der Waals surface area contributed by atoms with Crippen molar-refractivity contribution >= 4 is 194 Å². The van der Waals surface area contributed by atoms with Crippen LogP contribution < -0.4 is 0 Å². The van der Waals surface area contributed by atoms with E-state index < -0.39 is 0 Å². The number of furan rings is 1. The number of hydrogen-bond acceptors (Lipinski definition) is 9. The fourth-order valence-electron chi connectivity index (χ4n) is 22.0. The van der Waals surface area contributed by atoms with E-state index in [1.165, 1.54) is 107 Å². The van der Waals surface area contributed by atoms with Crippen LogP contribution in [-0.4, -0.2) is 43.6 Å². The van der Waals surface area contributed by atoms with Crippen LogP contribution in [0, 0.1) is 0 Å². The number of aromatic nitrogens is 9. The normalized spacial score (nSPS) is 11.9. The SMILES string of the molecule is c1ccc(-c2cc(-c3ccccc3)cc(-c3nc4oc5ccccc5c4nc3-n3c4ccccc4c4cc5ccccc5cc43)c2)cc1.c1ccc(-c2cc(-c3ccccc3)cc(-c3nc4sc5ccccc5c4nc3-n3c4ccccc4c4cc5ccccc5cc43)c2)cc1.c1ccc2c(c1)-c1cccc3c(-c4nc(-n5c6ccccc6c6cc7ccccc7cc65)nc5c4sc4ccccc45)ccc-2c13. The monoisotopic (exact) mass is 1840 g/mol. The summed E-state index contributed by atoms with van der Waals surface area (Å²) in [6, 6.07) is 166. The average Bonchev–Trinajstić information content (AvgIpc) is 1.54. The summed E-state index contributed by atoms with van der Waals surface area (Å²) in [6.45, 7) is 0. The Kier molecular flexibility index (Phi) is 18.6. The van der Waals surface area contributed by atoms with Crippen LogP contribution in [0.4, 0.5) is 0 Å². The number of hydrogen-bond donors (Lipinski definition) is 0. The van der Waals surface area contributed by atoms with Crippen molar-refractivity contribution in [3.05, 3.63) is 467 Å². The molecule has 9 aromatic heterocycles. The number of rotatable bonds is 10. The lowest BCUT2D eigenvalue weighted by atomic mass is 9.95. The largest absolute Gasteiger partial charge is 0.436 e. The smallest absolute Gasteiger partial charge is 0.247 e. The number of thiophene rings is 2. The molecule has 660 valence electrons. The van der Waals surface area contributed by atoms with Crippen molar-refractivity contribution in [1.29, 1.82) is 0 Å². The minimum absolute atomic E-state index is 0.521. The Hall–Kier alpha value is -18.5. The van der Waals surface area contributed by atoms with Gasteiger partial charge in [-0.2, -0.15) is 0 Å². The first kappa shape index (κ1) is 80.8. The zero-order valence-electron chi connectivity index (χ0n) is 76.2. The van der Waals surface area contributed by atoms with Crippen molar-refractivity contribution in [3.63, 3.8) is 0 Å². The molecule has 0 amide bonds. The maximum Gasteiger partial charge on any atom is 0.247 e. The molecule has 0 atom stereocenters. The Morgan fingerprint density at radius 3 is 1.06 bits per heavy atom. The summed E-state index contributed by atoms with van der Waals surface area (Å²) in [5.41, 5.74) is 30.6. The van der Waals surface area contributed by atoms with E-state index in [1.807, 2.05) is 18.2 Å². The molecule has 9 heterocycles. The van der Waals surface area contributed by atoms with Crippen molar-refractivity contribution in [2.75, 3.05) is 0 Å². The van der Waals surface area contributed by atoms with Crippen LogP contribution in [0.1, 0.15) is 0 Å². The predicted octanol–water partition coefficient (Wildman–Crippen LogP) is 35.3. The summed E-state index contributed by atoms with van der Waals surface area (Å²) in [5, 5.41) is 20.2. The first-order valence-electron chi connectivity index (χ1n) is 47.9. The molecule has 30 aromatic rings. The van der Waals surface area contributed by atoms with Crippen molar-refractivity contribution in [2.24, 2.45) is 0 Å². The highest BCUT2D eigenvalue weighted by molar-refractivity contribution is 7.26. The van der Waals surface area contributed by atoms with Gasteiger partial charge in [-0.3, -0.25) is 13.7 Å². The van der Waals surface area contributed by atoms with Crippen LogP contribution in [0.3, 0.4) is 0 Å². The zero-order chi connectivity index (χ0) is 93.1. The van der Waals surface area contributed by atoms with Gasteiger partial charge in [0.15, 0.2) is 11.6 Å². The van der Waals surface area contributed by atoms with Crippen molar-refractivity contribution in [2.45, 2.75) is 0 Å². The molecule has 0 saturated carbocycles. The summed E-state index contributed by atoms with van der Waals surface area (Å²) in [5.74, 6) is 2.29. The molecule has 10 nitrogen and oxygen atoms in total. The van der Waals surface area contributed by atoms with Gasteiger partial charge in [0.2, 0.25) is 11.7 Å². The summed E-state index contributed by atoms with van der Waals surface area (Å²) >= 11 is 3.49. The van der Waals surface area contributed by atoms with Gasteiger partial charge >= 0.3 is 0 Å². The fraction of sp³-hybridized carbons (Fsp3) is 0. The van der Waals surface area contributed by atoms with Crippen LogP contribution in [-0.2, 0) is 0 Å². The van der Waals surface area contributed by atoms with Crippen LogP contribution in [0.15, 0.2) is 472 Å². The molecule has 0 spiro atoms. The maximum atomic E-state index is 6.37. The summed E-state index contributed by atoms with van der Waals surface area (Å²) in [6.07, 6.45) is 0. The lowest BCUT2D eigenvalue weighted by molar-refractivity contribution is 0.653. The van der Waals surface area contributed by atoms with Crippen molar-refractivity contribution in [1.82, 2.24) is 43.6 Å². The molecule has 1 aliphatic carbocycles. The van der Waals surface area contributed by atoms with Gasteiger partial charge in [0.1, 0.15) is 32.8 Å². The lowest BCUT2D eigenvalue weighted by Crippen LogP contribution is -2.03. The molecule has 0 N–H and O–H groups in total. The third-order valence-electron chi connectivity index (χ3n) is 28.5. The number of para-hydroxylation sites is 4. The van der Waals surface area contributed by atoms with Gasteiger partial charge in [-0.1, -0.05) is 352 Å². The summed E-state index contributed by atoms with van der Waals surface area (Å²) < 4.78 is 16.8. The van der Waals surface area contributed by atoms with Gasteiger partial charge in [0.25, 0.3) is 0 Å². The Balaban J connectivity index is 0.000000102. The highest BCUT2D eigenvalue weighted by atomic mass is 32.1. The molecule has 12 heteroatoms. The Bertz CT molecular complexity index is 9940. The third-order valence-corrected chi connectivity index (χ3v) is 30.7. The number of nitrogens with zero attached hydrogens (tertiary/aromatic N) is 9. The maximum absolute atomic E-state index is 6.37. The Morgan fingerprint density at radius 1 is 0.197 bits per heavy atom. The second-order valence-electron chi connectivity index (χ2n) is 36.6. The van der Waals surface area contributed by atoms with Crippen LogP contribution in [0.25, 0.3) is 290 Å². The van der Waals surface area contributed by atoms with Crippen LogP contribution in [0.5, 0.6) is 0 Å². The van der Waals surface area contributed by atoms with Crippen molar-refractivity contribution in [3.8, 4) is 118 Å². The quantitative estimate of drug-likeness (QED) is 0.134. The number of fused-ring (bicyclic) bond motifs is 24. The fourth-order valence-corrected chi connectivity index (χ4v) is 24.1. The molecule has 31 rings (SSSR count). The van der Waals surface area contributed by atoms with Crippen LogP contribution in [0.2, 0.25) is 0 Å². The number of benzene rings is 21.